The second-order valence-electron chi connectivity index (χ2n) is 5.73. The Labute approximate surface area is 172 Å². The zero-order chi connectivity index (χ0) is 19.6. The molecule has 0 aliphatic heterocycles. The second-order valence-corrected chi connectivity index (χ2v) is 7.03. The van der Waals surface area contributed by atoms with Crippen molar-refractivity contribution in [3.63, 3.8) is 0 Å². The first-order valence-electron chi connectivity index (χ1n) is 8.55. The molecule has 0 atom stereocenters. The van der Waals surface area contributed by atoms with Crippen molar-refractivity contribution in [1.29, 1.82) is 0 Å². The molecule has 2 aromatic carbocycles. The highest BCUT2D eigenvalue weighted by Crippen LogP contribution is 2.12. The van der Waals surface area contributed by atoms with Crippen molar-refractivity contribution in [2.45, 2.75) is 19.9 Å². The van der Waals surface area contributed by atoms with E-state index in [0.717, 1.165) is 10.0 Å². The molecule has 0 bridgehead atoms. The number of carbonyl (C=O) groups excluding carboxylic acids is 2. The highest BCUT2D eigenvalue weighted by atomic mass is 79.9. The fourth-order valence-corrected chi connectivity index (χ4v) is 3.04. The number of esters is 1. The number of thiocarbonyl (C=S) groups is 1. The van der Waals surface area contributed by atoms with E-state index in [1.54, 1.807) is 30.0 Å². The summed E-state index contributed by atoms with van der Waals surface area (Å²) in [6.07, 6.45) is 0.188. The molecule has 1 N–H and O–H groups in total. The minimum atomic E-state index is -0.296. The Morgan fingerprint density at radius 1 is 1.15 bits per heavy atom. The first-order chi connectivity index (χ1) is 13.0. The van der Waals surface area contributed by atoms with Gasteiger partial charge < -0.3 is 9.64 Å². The molecule has 0 fully saturated rings. The first-order valence-corrected chi connectivity index (χ1v) is 9.75. The molecule has 27 heavy (non-hydrogen) atoms. The van der Waals surface area contributed by atoms with Crippen LogP contribution in [0, 0.1) is 0 Å². The second kappa shape index (κ2) is 10.8. The normalized spacial score (nSPS) is 10.1. The van der Waals surface area contributed by atoms with Crippen molar-refractivity contribution in [3.8, 4) is 0 Å². The Balaban J connectivity index is 2.07. The fourth-order valence-electron chi connectivity index (χ4n) is 2.39. The van der Waals surface area contributed by atoms with Crippen molar-refractivity contribution in [1.82, 2.24) is 10.2 Å². The number of hydrogen-bond donors (Lipinski definition) is 1. The van der Waals surface area contributed by atoms with Crippen LogP contribution in [-0.2, 0) is 16.1 Å². The highest BCUT2D eigenvalue weighted by Gasteiger charge is 2.16. The molecule has 7 heteroatoms. The summed E-state index contributed by atoms with van der Waals surface area (Å²) in [5.41, 5.74) is 1.53. The molecule has 0 heterocycles. The number of hydrogen-bond acceptors (Lipinski definition) is 4. The Bertz CT molecular complexity index is 799. The molecule has 142 valence electrons. The van der Waals surface area contributed by atoms with Crippen LogP contribution in [0.15, 0.2) is 59.1 Å². The van der Waals surface area contributed by atoms with Crippen LogP contribution in [0.4, 0.5) is 0 Å². The maximum atomic E-state index is 12.5. The lowest BCUT2D eigenvalue weighted by Gasteiger charge is -2.25. The van der Waals surface area contributed by atoms with Gasteiger partial charge >= 0.3 is 5.97 Å². The van der Waals surface area contributed by atoms with Gasteiger partial charge in [0.2, 0.25) is 0 Å². The van der Waals surface area contributed by atoms with Gasteiger partial charge in [-0.3, -0.25) is 14.9 Å². The Morgan fingerprint density at radius 3 is 2.56 bits per heavy atom. The monoisotopic (exact) mass is 448 g/mol. The van der Waals surface area contributed by atoms with Crippen LogP contribution in [0.25, 0.3) is 0 Å². The molecule has 2 aromatic rings. The van der Waals surface area contributed by atoms with E-state index in [1.165, 1.54) is 0 Å². The van der Waals surface area contributed by atoms with E-state index in [9.17, 15) is 9.59 Å². The van der Waals surface area contributed by atoms with Crippen LogP contribution >= 0.6 is 28.1 Å². The minimum absolute atomic E-state index is 0.188. The third-order valence-electron chi connectivity index (χ3n) is 3.70. The Kier molecular flexibility index (Phi) is 8.42. The molecule has 0 aliphatic rings. The minimum Gasteiger partial charge on any atom is -0.466 e. The first kappa shape index (κ1) is 21.1. The summed E-state index contributed by atoms with van der Waals surface area (Å²) in [5.74, 6) is -0.591. The molecule has 0 radical (unpaired) electrons. The van der Waals surface area contributed by atoms with Crippen molar-refractivity contribution in [3.05, 3.63) is 70.2 Å². The van der Waals surface area contributed by atoms with E-state index in [1.807, 2.05) is 36.4 Å². The smallest absolute Gasteiger partial charge is 0.307 e. The number of amides is 1. The third kappa shape index (κ3) is 7.11. The molecular formula is C20H21BrN2O3S. The number of rotatable bonds is 7. The fraction of sp³-hybridized carbons (Fsp3) is 0.250. The number of halogens is 1. The van der Waals surface area contributed by atoms with Gasteiger partial charge in [-0.15, -0.1) is 0 Å². The zero-order valence-corrected chi connectivity index (χ0v) is 17.4. The predicted octanol–water partition coefficient (Wildman–Crippen LogP) is 3.92. The SMILES string of the molecule is CCOC(=O)CCN(Cc1ccccc1)C(=S)NC(=O)c1cccc(Br)c1. The Morgan fingerprint density at radius 2 is 1.89 bits per heavy atom. The molecule has 0 aromatic heterocycles. The molecule has 0 spiro atoms. The van der Waals surface area contributed by atoms with Gasteiger partial charge in [0.05, 0.1) is 13.0 Å². The highest BCUT2D eigenvalue weighted by molar-refractivity contribution is 9.10. The zero-order valence-electron chi connectivity index (χ0n) is 15.0. The van der Waals surface area contributed by atoms with Crippen molar-refractivity contribution < 1.29 is 14.3 Å². The summed E-state index contributed by atoms with van der Waals surface area (Å²) in [6.45, 7) is 2.94. The summed E-state index contributed by atoms with van der Waals surface area (Å²) in [6, 6.07) is 16.8. The van der Waals surface area contributed by atoms with Crippen LogP contribution in [-0.4, -0.2) is 35.0 Å². The molecule has 1 amide bonds. The summed E-state index contributed by atoms with van der Waals surface area (Å²) >= 11 is 8.78. The van der Waals surface area contributed by atoms with E-state index >= 15 is 0 Å². The van der Waals surface area contributed by atoms with Crippen LogP contribution < -0.4 is 5.32 Å². The van der Waals surface area contributed by atoms with E-state index < -0.39 is 0 Å². The van der Waals surface area contributed by atoms with Crippen LogP contribution in [0.3, 0.4) is 0 Å². The molecule has 2 rings (SSSR count). The lowest BCUT2D eigenvalue weighted by molar-refractivity contribution is -0.143. The van der Waals surface area contributed by atoms with E-state index in [-0.39, 0.29) is 23.4 Å². The average Bonchev–Trinajstić information content (AvgIpc) is 2.66. The van der Waals surface area contributed by atoms with Crippen molar-refractivity contribution >= 4 is 45.1 Å². The lowest BCUT2D eigenvalue weighted by atomic mass is 10.2. The number of nitrogens with zero attached hydrogens (tertiary/aromatic N) is 1. The molecular weight excluding hydrogens is 428 g/mol. The largest absolute Gasteiger partial charge is 0.466 e. The van der Waals surface area contributed by atoms with E-state index in [4.69, 9.17) is 17.0 Å². The summed E-state index contributed by atoms with van der Waals surface area (Å²) in [4.78, 5) is 26.0. The summed E-state index contributed by atoms with van der Waals surface area (Å²) in [5, 5.41) is 3.02. The van der Waals surface area contributed by atoms with Gasteiger partial charge in [-0.25, -0.2) is 0 Å². The van der Waals surface area contributed by atoms with Gasteiger partial charge in [0.1, 0.15) is 0 Å². The van der Waals surface area contributed by atoms with Gasteiger partial charge in [0.25, 0.3) is 5.91 Å². The average molecular weight is 449 g/mol. The van der Waals surface area contributed by atoms with E-state index in [0.29, 0.717) is 25.3 Å². The predicted molar refractivity (Wildman–Crippen MR) is 112 cm³/mol. The topological polar surface area (TPSA) is 58.6 Å². The molecule has 5 nitrogen and oxygen atoms in total. The number of benzene rings is 2. The van der Waals surface area contributed by atoms with Crippen LogP contribution in [0.5, 0.6) is 0 Å². The molecule has 0 unspecified atom stereocenters. The van der Waals surface area contributed by atoms with Gasteiger partial charge in [0.15, 0.2) is 5.11 Å². The van der Waals surface area contributed by atoms with Gasteiger partial charge in [-0.1, -0.05) is 52.3 Å². The van der Waals surface area contributed by atoms with Crippen molar-refractivity contribution in [2.24, 2.45) is 0 Å². The maximum Gasteiger partial charge on any atom is 0.307 e. The summed E-state index contributed by atoms with van der Waals surface area (Å²) in [7, 11) is 0. The maximum absolute atomic E-state index is 12.5. The Hall–Kier alpha value is -2.25. The third-order valence-corrected chi connectivity index (χ3v) is 4.56. The molecule has 0 saturated heterocycles. The van der Waals surface area contributed by atoms with Gasteiger partial charge in [-0.05, 0) is 42.9 Å². The van der Waals surface area contributed by atoms with Crippen molar-refractivity contribution in [2.75, 3.05) is 13.2 Å². The van der Waals surface area contributed by atoms with Gasteiger partial charge in [-0.2, -0.15) is 0 Å². The number of ether oxygens (including phenoxy) is 1. The standard InChI is InChI=1S/C20H21BrN2O3S/c1-2-26-18(24)11-12-23(14-15-7-4-3-5-8-15)20(27)22-19(25)16-9-6-10-17(21)13-16/h3-10,13H,2,11-12,14H2,1H3,(H,22,25,27). The molecule has 0 saturated carbocycles. The number of nitrogens with one attached hydrogen (secondary N) is 1. The van der Waals surface area contributed by atoms with Crippen LogP contribution in [0.1, 0.15) is 29.3 Å². The van der Waals surface area contributed by atoms with Gasteiger partial charge in [0, 0.05) is 23.1 Å². The lowest BCUT2D eigenvalue weighted by Crippen LogP contribution is -2.43. The molecule has 0 aliphatic carbocycles. The van der Waals surface area contributed by atoms with E-state index in [2.05, 4.69) is 21.2 Å². The quantitative estimate of drug-likeness (QED) is 0.513. The summed E-state index contributed by atoms with van der Waals surface area (Å²) < 4.78 is 5.79. The van der Waals surface area contributed by atoms with Crippen LogP contribution in [0.2, 0.25) is 0 Å². The number of carbonyl (C=O) groups is 2.